The van der Waals surface area contributed by atoms with Crippen molar-refractivity contribution >= 4 is 0 Å². The van der Waals surface area contributed by atoms with Crippen LogP contribution in [0.15, 0.2) is 42.5 Å². The molecule has 0 aliphatic carbocycles. The molecule has 1 atom stereocenters. The second-order valence-corrected chi connectivity index (χ2v) is 7.97. The Hall–Kier alpha value is -1.84. The second-order valence-electron chi connectivity index (χ2n) is 7.97. The largest absolute Gasteiger partial charge is 0.496 e. The maximum absolute atomic E-state index is 7.05. The van der Waals surface area contributed by atoms with Crippen LogP contribution in [0.4, 0.5) is 0 Å². The van der Waals surface area contributed by atoms with E-state index in [4.69, 9.17) is 10.5 Å². The molecule has 3 rings (SSSR count). The van der Waals surface area contributed by atoms with Crippen molar-refractivity contribution in [2.75, 3.05) is 20.7 Å². The van der Waals surface area contributed by atoms with Crippen molar-refractivity contribution < 1.29 is 4.74 Å². The van der Waals surface area contributed by atoms with E-state index in [1.54, 1.807) is 7.11 Å². The normalized spacial score (nSPS) is 21.4. The molecule has 2 N–H and O–H groups in total. The van der Waals surface area contributed by atoms with Gasteiger partial charge in [-0.3, -0.25) is 4.90 Å². The van der Waals surface area contributed by atoms with Crippen molar-refractivity contribution in [2.24, 2.45) is 5.73 Å². The highest BCUT2D eigenvalue weighted by atomic mass is 16.5. The average Bonchev–Trinajstić information content (AvgIpc) is 2.53. The van der Waals surface area contributed by atoms with Crippen LogP contribution >= 0.6 is 0 Å². The number of nitrogens with two attached hydrogens (primary N) is 1. The summed E-state index contributed by atoms with van der Waals surface area (Å²) in [6.07, 6.45) is 0. The smallest absolute Gasteiger partial charge is 0.124 e. The molecule has 1 aliphatic rings. The van der Waals surface area contributed by atoms with Crippen molar-refractivity contribution in [1.82, 2.24) is 4.90 Å². The molecular weight excluding hydrogens is 296 g/mol. The summed E-state index contributed by atoms with van der Waals surface area (Å²) in [5, 5.41) is 0. The van der Waals surface area contributed by atoms with Gasteiger partial charge in [-0.05, 0) is 41.3 Å². The van der Waals surface area contributed by atoms with Crippen LogP contribution in [0.1, 0.15) is 43.0 Å². The number of fused-ring (bicyclic) bond motifs is 1. The Morgan fingerprint density at radius 2 is 1.79 bits per heavy atom. The van der Waals surface area contributed by atoms with Crippen LogP contribution in [-0.2, 0) is 17.5 Å². The van der Waals surface area contributed by atoms with E-state index in [1.807, 2.05) is 0 Å². The van der Waals surface area contributed by atoms with E-state index in [9.17, 15) is 0 Å². The lowest BCUT2D eigenvalue weighted by atomic mass is 9.75. The summed E-state index contributed by atoms with van der Waals surface area (Å²) in [5.41, 5.74) is 11.4. The molecule has 128 valence electrons. The fraction of sp³-hybridized carbons (Fsp3) is 0.429. The summed E-state index contributed by atoms with van der Waals surface area (Å²) in [6, 6.07) is 14.9. The number of likely N-dealkylation sites (N-methyl/N-ethyl adjacent to an activating group) is 1. The number of benzene rings is 2. The summed E-state index contributed by atoms with van der Waals surface area (Å²) in [5.74, 6) is 0.857. The molecule has 0 aromatic heterocycles. The van der Waals surface area contributed by atoms with Gasteiger partial charge in [-0.2, -0.15) is 0 Å². The molecule has 0 bridgehead atoms. The Balaban J connectivity index is 2.24. The Kier molecular flexibility index (Phi) is 4.18. The first-order valence-corrected chi connectivity index (χ1v) is 8.50. The zero-order valence-electron chi connectivity index (χ0n) is 15.4. The van der Waals surface area contributed by atoms with Gasteiger partial charge in [-0.15, -0.1) is 0 Å². The SMILES string of the molecule is COc1ccc(C(C)(C)C)cc1C1(N)CN(C)Cc2ccccc21. The number of rotatable bonds is 2. The zero-order chi connectivity index (χ0) is 17.5. The predicted molar refractivity (Wildman–Crippen MR) is 99.4 cm³/mol. The minimum atomic E-state index is -0.573. The zero-order valence-corrected chi connectivity index (χ0v) is 15.4. The van der Waals surface area contributed by atoms with Gasteiger partial charge < -0.3 is 10.5 Å². The van der Waals surface area contributed by atoms with Crippen molar-refractivity contribution in [3.8, 4) is 5.75 Å². The molecule has 3 nitrogen and oxygen atoms in total. The number of ether oxygens (including phenoxy) is 1. The van der Waals surface area contributed by atoms with Gasteiger partial charge in [0.1, 0.15) is 5.75 Å². The molecule has 0 spiro atoms. The summed E-state index contributed by atoms with van der Waals surface area (Å²) < 4.78 is 5.68. The molecule has 0 radical (unpaired) electrons. The number of methoxy groups -OCH3 is 1. The van der Waals surface area contributed by atoms with E-state index in [-0.39, 0.29) is 5.41 Å². The molecule has 0 saturated heterocycles. The molecule has 0 saturated carbocycles. The van der Waals surface area contributed by atoms with Gasteiger partial charge in [0.05, 0.1) is 12.6 Å². The molecule has 3 heteroatoms. The van der Waals surface area contributed by atoms with Gasteiger partial charge in [0.15, 0.2) is 0 Å². The summed E-state index contributed by atoms with van der Waals surface area (Å²) in [6.45, 7) is 8.37. The molecule has 1 unspecified atom stereocenters. The molecule has 2 aromatic rings. The quantitative estimate of drug-likeness (QED) is 0.916. The van der Waals surface area contributed by atoms with Crippen LogP contribution in [0, 0.1) is 0 Å². The van der Waals surface area contributed by atoms with Gasteiger partial charge in [0.25, 0.3) is 0 Å². The summed E-state index contributed by atoms with van der Waals surface area (Å²) in [4.78, 5) is 2.28. The van der Waals surface area contributed by atoms with Crippen LogP contribution in [0.2, 0.25) is 0 Å². The molecule has 0 fully saturated rings. The summed E-state index contributed by atoms with van der Waals surface area (Å²) in [7, 11) is 3.84. The highest BCUT2D eigenvalue weighted by Gasteiger charge is 2.39. The van der Waals surface area contributed by atoms with Crippen LogP contribution in [-0.4, -0.2) is 25.6 Å². The van der Waals surface area contributed by atoms with Crippen molar-refractivity contribution in [3.05, 3.63) is 64.7 Å². The van der Waals surface area contributed by atoms with Crippen LogP contribution in [0.3, 0.4) is 0 Å². The minimum absolute atomic E-state index is 0.0669. The average molecular weight is 324 g/mol. The Morgan fingerprint density at radius 1 is 1.08 bits per heavy atom. The minimum Gasteiger partial charge on any atom is -0.496 e. The van der Waals surface area contributed by atoms with E-state index in [0.717, 1.165) is 24.4 Å². The number of hydrogen-bond acceptors (Lipinski definition) is 3. The van der Waals surface area contributed by atoms with Gasteiger partial charge >= 0.3 is 0 Å². The third-order valence-electron chi connectivity index (χ3n) is 5.00. The Labute approximate surface area is 145 Å². The van der Waals surface area contributed by atoms with Crippen LogP contribution < -0.4 is 10.5 Å². The van der Waals surface area contributed by atoms with Gasteiger partial charge in [-0.25, -0.2) is 0 Å². The highest BCUT2D eigenvalue weighted by molar-refractivity contribution is 5.52. The molecule has 2 aromatic carbocycles. The molecule has 0 amide bonds. The van der Waals surface area contributed by atoms with Crippen molar-refractivity contribution in [3.63, 3.8) is 0 Å². The van der Waals surface area contributed by atoms with E-state index in [0.29, 0.717) is 0 Å². The topological polar surface area (TPSA) is 38.5 Å². The molecule has 24 heavy (non-hydrogen) atoms. The highest BCUT2D eigenvalue weighted by Crippen LogP contribution is 2.40. The van der Waals surface area contributed by atoms with Gasteiger partial charge in [0, 0.05) is 18.7 Å². The van der Waals surface area contributed by atoms with Crippen molar-refractivity contribution in [2.45, 2.75) is 38.3 Å². The van der Waals surface area contributed by atoms with Gasteiger partial charge in [-0.1, -0.05) is 51.1 Å². The van der Waals surface area contributed by atoms with Crippen molar-refractivity contribution in [1.29, 1.82) is 0 Å². The Bertz CT molecular complexity index is 748. The summed E-state index contributed by atoms with van der Waals surface area (Å²) >= 11 is 0. The van der Waals surface area contributed by atoms with E-state index in [2.05, 4.69) is 75.2 Å². The maximum atomic E-state index is 7.05. The number of hydrogen-bond donors (Lipinski definition) is 1. The second kappa shape index (κ2) is 5.91. The lowest BCUT2D eigenvalue weighted by Gasteiger charge is -2.41. The van der Waals surface area contributed by atoms with E-state index in [1.165, 1.54) is 16.7 Å². The third-order valence-corrected chi connectivity index (χ3v) is 5.00. The lowest BCUT2D eigenvalue weighted by molar-refractivity contribution is 0.236. The maximum Gasteiger partial charge on any atom is 0.124 e. The predicted octanol–water partition coefficient (Wildman–Crippen LogP) is 3.64. The van der Waals surface area contributed by atoms with Crippen LogP contribution in [0.5, 0.6) is 5.75 Å². The van der Waals surface area contributed by atoms with Crippen LogP contribution in [0.25, 0.3) is 0 Å². The first-order valence-electron chi connectivity index (χ1n) is 8.50. The molecule has 1 aliphatic heterocycles. The molecule has 1 heterocycles. The fourth-order valence-electron chi connectivity index (χ4n) is 3.70. The van der Waals surface area contributed by atoms with Gasteiger partial charge in [0.2, 0.25) is 0 Å². The third kappa shape index (κ3) is 2.83. The molecular formula is C21H28N2O. The first-order chi connectivity index (χ1) is 11.3. The van der Waals surface area contributed by atoms with E-state index < -0.39 is 5.54 Å². The number of nitrogens with zero attached hydrogens (tertiary/aromatic N) is 1. The fourth-order valence-corrected chi connectivity index (χ4v) is 3.70. The lowest BCUT2D eigenvalue weighted by Crippen LogP contribution is -2.51. The monoisotopic (exact) mass is 324 g/mol. The standard InChI is InChI=1S/C21H28N2O/c1-20(2,3)16-10-11-19(24-5)18(12-16)21(22)14-23(4)13-15-8-6-7-9-17(15)21/h6-12H,13-14,22H2,1-5H3. The Morgan fingerprint density at radius 3 is 2.46 bits per heavy atom. The first kappa shape index (κ1) is 17.0. The van der Waals surface area contributed by atoms with E-state index >= 15 is 0 Å².